The van der Waals surface area contributed by atoms with Crippen molar-refractivity contribution in [3.05, 3.63) is 0 Å². The standard InChI is InChI=1S/C7H8ClF3O4/c8-4-1-6(2-4,14-3-5(12)13)15-7(9,10)11/h4H,1-3H2,(H,12,13). The average molecular weight is 249 g/mol. The predicted octanol–water partition coefficient (Wildman–Crippen LogP) is 1.72. The van der Waals surface area contributed by atoms with Gasteiger partial charge < -0.3 is 9.84 Å². The van der Waals surface area contributed by atoms with Gasteiger partial charge in [-0.2, -0.15) is 0 Å². The third-order valence-corrected chi connectivity index (χ3v) is 2.13. The zero-order chi connectivity index (χ0) is 11.7. The van der Waals surface area contributed by atoms with Gasteiger partial charge in [0.2, 0.25) is 0 Å². The summed E-state index contributed by atoms with van der Waals surface area (Å²) in [5.41, 5.74) is 0. The maximum Gasteiger partial charge on any atom is 0.524 e. The van der Waals surface area contributed by atoms with Crippen LogP contribution in [0.25, 0.3) is 0 Å². The highest BCUT2D eigenvalue weighted by Gasteiger charge is 2.53. The van der Waals surface area contributed by atoms with Crippen molar-refractivity contribution in [3.63, 3.8) is 0 Å². The summed E-state index contributed by atoms with van der Waals surface area (Å²) in [4.78, 5) is 10.1. The van der Waals surface area contributed by atoms with Gasteiger partial charge in [0.25, 0.3) is 0 Å². The number of hydrogen-bond acceptors (Lipinski definition) is 3. The summed E-state index contributed by atoms with van der Waals surface area (Å²) in [5, 5.41) is 7.78. The number of rotatable bonds is 4. The van der Waals surface area contributed by atoms with Crippen molar-refractivity contribution in [1.29, 1.82) is 0 Å². The lowest BCUT2D eigenvalue weighted by atomic mass is 9.90. The molecule has 0 unspecified atom stereocenters. The molecule has 0 spiro atoms. The van der Waals surface area contributed by atoms with Crippen LogP contribution in [0.15, 0.2) is 0 Å². The fraction of sp³-hybridized carbons (Fsp3) is 0.857. The van der Waals surface area contributed by atoms with Gasteiger partial charge in [-0.1, -0.05) is 0 Å². The maximum atomic E-state index is 11.9. The van der Waals surface area contributed by atoms with Crippen LogP contribution in [0, 0.1) is 0 Å². The number of ether oxygens (including phenoxy) is 2. The van der Waals surface area contributed by atoms with Gasteiger partial charge in [0.1, 0.15) is 6.61 Å². The van der Waals surface area contributed by atoms with Crippen molar-refractivity contribution in [2.45, 2.75) is 30.4 Å². The summed E-state index contributed by atoms with van der Waals surface area (Å²) in [7, 11) is 0. The number of alkyl halides is 4. The first kappa shape index (κ1) is 12.5. The highest BCUT2D eigenvalue weighted by atomic mass is 35.5. The summed E-state index contributed by atoms with van der Waals surface area (Å²) in [5.74, 6) is -3.29. The minimum atomic E-state index is -4.87. The van der Waals surface area contributed by atoms with Gasteiger partial charge in [0.05, 0.1) is 0 Å². The van der Waals surface area contributed by atoms with E-state index < -0.39 is 30.1 Å². The van der Waals surface area contributed by atoms with Crippen LogP contribution >= 0.6 is 11.6 Å². The average Bonchev–Trinajstić information content (AvgIpc) is 1.94. The Labute approximate surface area is 87.9 Å². The second-order valence-corrected chi connectivity index (χ2v) is 3.76. The summed E-state index contributed by atoms with van der Waals surface area (Å²) in [6, 6.07) is 0. The smallest absolute Gasteiger partial charge is 0.480 e. The van der Waals surface area contributed by atoms with Gasteiger partial charge in [0, 0.05) is 18.2 Å². The first-order valence-corrected chi connectivity index (χ1v) is 4.43. The zero-order valence-corrected chi connectivity index (χ0v) is 8.14. The quantitative estimate of drug-likeness (QED) is 0.608. The SMILES string of the molecule is O=C(O)COC1(OC(F)(F)F)CC(Cl)C1. The first-order valence-electron chi connectivity index (χ1n) is 3.99. The molecule has 0 aromatic rings. The van der Waals surface area contributed by atoms with E-state index in [0.717, 1.165) is 0 Å². The molecule has 0 bridgehead atoms. The molecule has 0 radical (unpaired) electrons. The van der Waals surface area contributed by atoms with Gasteiger partial charge in [0.15, 0.2) is 5.79 Å². The summed E-state index contributed by atoms with van der Waals surface area (Å²) < 4.78 is 44.1. The molecule has 1 aliphatic carbocycles. The Bertz CT molecular complexity index is 249. The van der Waals surface area contributed by atoms with Crippen molar-refractivity contribution in [2.24, 2.45) is 0 Å². The second-order valence-electron chi connectivity index (χ2n) is 3.15. The second kappa shape index (κ2) is 4.15. The fourth-order valence-corrected chi connectivity index (χ4v) is 1.72. The molecule has 4 nitrogen and oxygen atoms in total. The van der Waals surface area contributed by atoms with Crippen molar-refractivity contribution >= 4 is 17.6 Å². The largest absolute Gasteiger partial charge is 0.524 e. The Morgan fingerprint density at radius 2 is 2.07 bits per heavy atom. The van der Waals surface area contributed by atoms with Gasteiger partial charge in [-0.25, -0.2) is 4.79 Å². The highest BCUT2D eigenvalue weighted by Crippen LogP contribution is 2.44. The number of aliphatic carboxylic acids is 1. The predicted molar refractivity (Wildman–Crippen MR) is 42.3 cm³/mol. The Morgan fingerprint density at radius 1 is 1.53 bits per heavy atom. The molecule has 1 saturated carbocycles. The van der Waals surface area contributed by atoms with Crippen LogP contribution in [-0.2, 0) is 14.3 Å². The first-order chi connectivity index (χ1) is 6.72. The Hall–Kier alpha value is -0.530. The van der Waals surface area contributed by atoms with Crippen LogP contribution in [0.1, 0.15) is 12.8 Å². The Morgan fingerprint density at radius 3 is 2.40 bits per heavy atom. The molecule has 1 N–H and O–H groups in total. The number of carboxylic acid groups (broad SMARTS) is 1. The van der Waals surface area contributed by atoms with E-state index in [9.17, 15) is 18.0 Å². The molecule has 0 heterocycles. The Balaban J connectivity index is 2.52. The highest BCUT2D eigenvalue weighted by molar-refractivity contribution is 6.21. The van der Waals surface area contributed by atoms with Crippen LogP contribution in [0.5, 0.6) is 0 Å². The molecule has 1 aliphatic rings. The third kappa shape index (κ3) is 3.84. The van der Waals surface area contributed by atoms with Crippen LogP contribution in [0.3, 0.4) is 0 Å². The number of carbonyl (C=O) groups is 1. The topological polar surface area (TPSA) is 55.8 Å². The Kier molecular flexibility index (Phi) is 3.47. The van der Waals surface area contributed by atoms with Crippen LogP contribution < -0.4 is 0 Å². The summed E-state index contributed by atoms with van der Waals surface area (Å²) in [6.45, 7) is -0.848. The van der Waals surface area contributed by atoms with E-state index in [-0.39, 0.29) is 12.8 Å². The lowest BCUT2D eigenvalue weighted by Gasteiger charge is -2.43. The number of halogens is 4. The minimum Gasteiger partial charge on any atom is -0.480 e. The zero-order valence-electron chi connectivity index (χ0n) is 7.38. The van der Waals surface area contributed by atoms with Crippen LogP contribution in [-0.4, -0.2) is 35.2 Å². The molecule has 8 heteroatoms. The molecule has 88 valence electrons. The molecule has 0 saturated heterocycles. The fourth-order valence-electron chi connectivity index (χ4n) is 1.25. The molecule has 15 heavy (non-hydrogen) atoms. The monoisotopic (exact) mass is 248 g/mol. The molecule has 0 aromatic heterocycles. The van der Waals surface area contributed by atoms with Crippen molar-refractivity contribution in [1.82, 2.24) is 0 Å². The normalized spacial score (nSPS) is 31.1. The van der Waals surface area contributed by atoms with Gasteiger partial charge in [-0.05, 0) is 0 Å². The van der Waals surface area contributed by atoms with Crippen molar-refractivity contribution in [3.8, 4) is 0 Å². The third-order valence-electron chi connectivity index (χ3n) is 1.83. The lowest BCUT2D eigenvalue weighted by Crippen LogP contribution is -2.52. The minimum absolute atomic E-state index is 0.179. The van der Waals surface area contributed by atoms with Crippen molar-refractivity contribution in [2.75, 3.05) is 6.61 Å². The van der Waals surface area contributed by atoms with E-state index in [1.165, 1.54) is 0 Å². The molecule has 0 atom stereocenters. The molecule has 0 aromatic carbocycles. The molecule has 0 aliphatic heterocycles. The van der Waals surface area contributed by atoms with E-state index in [0.29, 0.717) is 0 Å². The molecule has 1 fully saturated rings. The summed E-state index contributed by atoms with van der Waals surface area (Å²) in [6.07, 6.45) is -5.22. The van der Waals surface area contributed by atoms with Crippen molar-refractivity contribution < 1.29 is 32.5 Å². The molecular formula is C7H8ClF3O4. The van der Waals surface area contributed by atoms with E-state index in [2.05, 4.69) is 9.47 Å². The molecule has 1 rings (SSSR count). The molecule has 0 amide bonds. The van der Waals surface area contributed by atoms with Gasteiger partial charge >= 0.3 is 12.3 Å². The number of hydrogen-bond donors (Lipinski definition) is 1. The maximum absolute atomic E-state index is 11.9. The number of carboxylic acids is 1. The molecular weight excluding hydrogens is 241 g/mol. The van der Waals surface area contributed by atoms with Gasteiger partial charge in [-0.15, -0.1) is 24.8 Å². The van der Waals surface area contributed by atoms with E-state index in [1.54, 1.807) is 0 Å². The van der Waals surface area contributed by atoms with Crippen LogP contribution in [0.4, 0.5) is 13.2 Å². The van der Waals surface area contributed by atoms with E-state index >= 15 is 0 Å². The van der Waals surface area contributed by atoms with Gasteiger partial charge in [-0.3, -0.25) is 4.74 Å². The van der Waals surface area contributed by atoms with E-state index in [4.69, 9.17) is 16.7 Å². The van der Waals surface area contributed by atoms with Crippen LogP contribution in [0.2, 0.25) is 0 Å². The van der Waals surface area contributed by atoms with E-state index in [1.807, 2.05) is 0 Å². The summed E-state index contributed by atoms with van der Waals surface area (Å²) >= 11 is 5.50. The lowest BCUT2D eigenvalue weighted by molar-refractivity contribution is -0.432.